The number of aliphatic hydroxyl groups is 1. The van der Waals surface area contributed by atoms with E-state index in [1.165, 1.54) is 23.3 Å². The van der Waals surface area contributed by atoms with Crippen LogP contribution in [0, 0.1) is 13.8 Å². The van der Waals surface area contributed by atoms with Crippen LogP contribution in [0.5, 0.6) is 5.75 Å². The second-order valence-corrected chi connectivity index (χ2v) is 8.64. The molecule has 1 fully saturated rings. The van der Waals surface area contributed by atoms with Gasteiger partial charge in [-0.15, -0.1) is 11.3 Å². The van der Waals surface area contributed by atoms with E-state index < -0.39 is 17.7 Å². The third-order valence-electron chi connectivity index (χ3n) is 5.52. The van der Waals surface area contributed by atoms with Gasteiger partial charge in [0.2, 0.25) is 0 Å². The molecule has 1 unspecified atom stereocenters. The smallest absolute Gasteiger partial charge is 0.300 e. The molecule has 1 aliphatic rings. The van der Waals surface area contributed by atoms with Gasteiger partial charge in [-0.3, -0.25) is 14.5 Å². The van der Waals surface area contributed by atoms with Crippen molar-refractivity contribution in [2.24, 2.45) is 0 Å². The molecule has 3 aromatic rings. The van der Waals surface area contributed by atoms with E-state index in [-0.39, 0.29) is 11.3 Å². The number of ketones is 1. The summed E-state index contributed by atoms with van der Waals surface area (Å²) in [5.41, 5.74) is 2.94. The highest BCUT2D eigenvalue weighted by Gasteiger charge is 2.47. The fraction of sp³-hybridized carbons (Fsp3) is 0.167. The van der Waals surface area contributed by atoms with Crippen LogP contribution in [0.15, 0.2) is 59.5 Å². The third kappa shape index (κ3) is 3.52. The monoisotopic (exact) mass is 453 g/mol. The van der Waals surface area contributed by atoms with Crippen LogP contribution in [-0.4, -0.2) is 23.9 Å². The van der Waals surface area contributed by atoms with Gasteiger partial charge in [-0.05, 0) is 60.7 Å². The first-order chi connectivity index (χ1) is 14.8. The molecule has 0 bridgehead atoms. The van der Waals surface area contributed by atoms with Crippen LogP contribution in [0.3, 0.4) is 0 Å². The summed E-state index contributed by atoms with van der Waals surface area (Å²) < 4.78 is 5.24. The third-order valence-corrected chi connectivity index (χ3v) is 6.75. The highest BCUT2D eigenvalue weighted by Crippen LogP contribution is 2.45. The molecule has 1 aliphatic heterocycles. The number of aliphatic hydroxyl groups excluding tert-OH is 1. The number of halogens is 1. The Morgan fingerprint density at radius 3 is 2.58 bits per heavy atom. The lowest BCUT2D eigenvalue weighted by atomic mass is 9.99. The van der Waals surface area contributed by atoms with Crippen LogP contribution in [0.25, 0.3) is 5.76 Å². The van der Waals surface area contributed by atoms with Crippen molar-refractivity contribution in [1.29, 1.82) is 0 Å². The molecule has 1 saturated heterocycles. The minimum atomic E-state index is -0.734. The van der Waals surface area contributed by atoms with E-state index in [1.54, 1.807) is 18.2 Å². The van der Waals surface area contributed by atoms with Crippen molar-refractivity contribution in [3.63, 3.8) is 0 Å². The lowest BCUT2D eigenvalue weighted by Gasteiger charge is -2.26. The Kier molecular flexibility index (Phi) is 5.60. The Balaban J connectivity index is 1.95. The van der Waals surface area contributed by atoms with Gasteiger partial charge in [-0.25, -0.2) is 0 Å². The van der Waals surface area contributed by atoms with Crippen molar-refractivity contribution in [1.82, 2.24) is 0 Å². The molecular formula is C24H20ClNO4S. The number of aryl methyl sites for hydroxylation is 1. The van der Waals surface area contributed by atoms with Crippen molar-refractivity contribution >= 4 is 46.1 Å². The van der Waals surface area contributed by atoms with Crippen molar-refractivity contribution in [3.05, 3.63) is 86.1 Å². The van der Waals surface area contributed by atoms with Gasteiger partial charge >= 0.3 is 0 Å². The molecule has 158 valence electrons. The first kappa shape index (κ1) is 21.2. The first-order valence-electron chi connectivity index (χ1n) is 9.59. The minimum absolute atomic E-state index is 0.0396. The number of methoxy groups -OCH3 is 1. The van der Waals surface area contributed by atoms with E-state index >= 15 is 0 Å². The van der Waals surface area contributed by atoms with Gasteiger partial charge in [0.15, 0.2) is 0 Å². The summed E-state index contributed by atoms with van der Waals surface area (Å²) in [4.78, 5) is 28.6. The molecule has 1 aromatic heterocycles. The standard InChI is InChI=1S/C24H20ClNO4S/c1-13-6-4-7-17(14(13)2)26-21(19-8-5-11-31-19)20(23(28)24(26)29)22(27)15-9-10-16(25)18(12-15)30-3/h4-12,21,27H,1-3H3/b22-20-. The number of rotatable bonds is 4. The van der Waals surface area contributed by atoms with Gasteiger partial charge < -0.3 is 9.84 Å². The topological polar surface area (TPSA) is 66.8 Å². The minimum Gasteiger partial charge on any atom is -0.507 e. The van der Waals surface area contributed by atoms with Crippen molar-refractivity contribution < 1.29 is 19.4 Å². The molecule has 31 heavy (non-hydrogen) atoms. The summed E-state index contributed by atoms with van der Waals surface area (Å²) in [5.74, 6) is -1.30. The van der Waals surface area contributed by atoms with Crippen LogP contribution < -0.4 is 9.64 Å². The predicted molar refractivity (Wildman–Crippen MR) is 123 cm³/mol. The van der Waals surface area contributed by atoms with E-state index in [0.29, 0.717) is 22.0 Å². The zero-order valence-corrected chi connectivity index (χ0v) is 18.8. The summed E-state index contributed by atoms with van der Waals surface area (Å²) in [6.45, 7) is 3.87. The molecular weight excluding hydrogens is 434 g/mol. The second kappa shape index (κ2) is 8.21. The van der Waals surface area contributed by atoms with Crippen LogP contribution in [-0.2, 0) is 9.59 Å². The summed E-state index contributed by atoms with van der Waals surface area (Å²) >= 11 is 7.53. The van der Waals surface area contributed by atoms with E-state index in [2.05, 4.69) is 0 Å². The van der Waals surface area contributed by atoms with Gasteiger partial charge in [0.05, 0.1) is 17.7 Å². The lowest BCUT2D eigenvalue weighted by Crippen LogP contribution is -2.29. The molecule has 7 heteroatoms. The highest BCUT2D eigenvalue weighted by molar-refractivity contribution is 7.10. The molecule has 0 aliphatic carbocycles. The number of carbonyl (C=O) groups excluding carboxylic acids is 2. The average molecular weight is 454 g/mol. The molecule has 1 N–H and O–H groups in total. The van der Waals surface area contributed by atoms with E-state index in [1.807, 2.05) is 49.6 Å². The first-order valence-corrected chi connectivity index (χ1v) is 10.9. The molecule has 2 heterocycles. The Labute approximate surface area is 189 Å². The summed E-state index contributed by atoms with van der Waals surface area (Å²) in [6, 6.07) is 13.3. The maximum atomic E-state index is 13.2. The second-order valence-electron chi connectivity index (χ2n) is 7.25. The van der Waals surface area contributed by atoms with E-state index in [9.17, 15) is 14.7 Å². The predicted octanol–water partition coefficient (Wildman–Crippen LogP) is 5.65. The Morgan fingerprint density at radius 1 is 1.13 bits per heavy atom. The zero-order chi connectivity index (χ0) is 22.3. The zero-order valence-electron chi connectivity index (χ0n) is 17.2. The van der Waals surface area contributed by atoms with Crippen molar-refractivity contribution in [2.75, 3.05) is 12.0 Å². The fourth-order valence-electron chi connectivity index (χ4n) is 3.76. The number of nitrogens with zero attached hydrogens (tertiary/aromatic N) is 1. The number of thiophene rings is 1. The molecule has 0 spiro atoms. The molecule has 1 amide bonds. The van der Waals surface area contributed by atoms with Crippen molar-refractivity contribution in [2.45, 2.75) is 19.9 Å². The van der Waals surface area contributed by atoms with Crippen LogP contribution in [0.4, 0.5) is 5.69 Å². The maximum Gasteiger partial charge on any atom is 0.300 e. The van der Waals surface area contributed by atoms with E-state index in [4.69, 9.17) is 16.3 Å². The molecule has 4 rings (SSSR count). The number of benzene rings is 2. The van der Waals surface area contributed by atoms with Crippen molar-refractivity contribution in [3.8, 4) is 5.75 Å². The summed E-state index contributed by atoms with van der Waals surface area (Å²) in [5, 5.41) is 13.4. The number of carbonyl (C=O) groups is 2. The fourth-order valence-corrected chi connectivity index (χ4v) is 4.77. The van der Waals surface area contributed by atoms with Gasteiger partial charge in [0.1, 0.15) is 17.6 Å². The normalized spacial score (nSPS) is 17.9. The molecule has 0 saturated carbocycles. The Morgan fingerprint density at radius 2 is 1.90 bits per heavy atom. The van der Waals surface area contributed by atoms with Gasteiger partial charge in [-0.2, -0.15) is 0 Å². The van der Waals surface area contributed by atoms with Crippen LogP contribution in [0.2, 0.25) is 5.02 Å². The molecule has 2 aromatic carbocycles. The maximum absolute atomic E-state index is 13.2. The van der Waals surface area contributed by atoms with Crippen LogP contribution >= 0.6 is 22.9 Å². The van der Waals surface area contributed by atoms with Gasteiger partial charge in [0, 0.05) is 16.1 Å². The van der Waals surface area contributed by atoms with Gasteiger partial charge in [0.25, 0.3) is 11.7 Å². The number of ether oxygens (including phenoxy) is 1. The van der Waals surface area contributed by atoms with E-state index in [0.717, 1.165) is 16.0 Å². The van der Waals surface area contributed by atoms with Crippen LogP contribution in [0.1, 0.15) is 27.6 Å². The number of anilines is 1. The largest absolute Gasteiger partial charge is 0.507 e. The number of hydrogen-bond donors (Lipinski definition) is 1. The number of amides is 1. The summed E-state index contributed by atoms with van der Waals surface area (Å²) in [6.07, 6.45) is 0. The average Bonchev–Trinajstić information content (AvgIpc) is 3.37. The number of Topliss-reactive ketones (excluding diaryl/α,β-unsaturated/α-hetero) is 1. The number of hydrogen-bond acceptors (Lipinski definition) is 5. The quantitative estimate of drug-likeness (QED) is 0.315. The van der Waals surface area contributed by atoms with Gasteiger partial charge in [-0.1, -0.05) is 29.8 Å². The Hall–Kier alpha value is -3.09. The summed E-state index contributed by atoms with van der Waals surface area (Å²) in [7, 11) is 1.47. The molecule has 1 atom stereocenters. The molecule has 0 radical (unpaired) electrons. The lowest BCUT2D eigenvalue weighted by molar-refractivity contribution is -0.132. The highest BCUT2D eigenvalue weighted by atomic mass is 35.5. The SMILES string of the molecule is COc1cc(/C(O)=C2/C(=O)C(=O)N(c3cccc(C)c3C)C2c2cccs2)ccc1Cl. The molecule has 5 nitrogen and oxygen atoms in total. The Bertz CT molecular complexity index is 1220.